The van der Waals surface area contributed by atoms with Gasteiger partial charge in [-0.05, 0) is 88.0 Å². The summed E-state index contributed by atoms with van der Waals surface area (Å²) in [6.45, 7) is 0. The van der Waals surface area contributed by atoms with Gasteiger partial charge >= 0.3 is 0 Å². The first kappa shape index (κ1) is 18.4. The van der Waals surface area contributed by atoms with E-state index in [2.05, 4.69) is 63.7 Å². The fourth-order valence-corrected chi connectivity index (χ4v) is 5.12. The van der Waals surface area contributed by atoms with Gasteiger partial charge in [-0.2, -0.15) is 0 Å². The molecular weight excluding hydrogens is 598 g/mol. The van der Waals surface area contributed by atoms with E-state index in [1.54, 1.807) is 0 Å². The van der Waals surface area contributed by atoms with Gasteiger partial charge in [0, 0.05) is 17.9 Å². The fourth-order valence-electron chi connectivity index (χ4n) is 2.30. The summed E-state index contributed by atoms with van der Waals surface area (Å²) >= 11 is 11.3. The van der Waals surface area contributed by atoms with E-state index in [1.165, 1.54) is 24.3 Å². The van der Waals surface area contributed by atoms with Crippen LogP contribution < -0.4 is 4.90 Å². The quantitative estimate of drug-likeness (QED) is 0.224. The second-order valence-electron chi connectivity index (χ2n) is 4.69. The van der Waals surface area contributed by atoms with E-state index in [0.717, 1.165) is 4.90 Å². The highest BCUT2D eigenvalue weighted by Gasteiger charge is 2.41. The number of hydrogen-bond acceptors (Lipinski definition) is 3. The standard InChI is InChI=1S/C14H5Br4NO4S/c15-9-7-8(10(16)12(18)11(9)17)14(21)19(13(7)20)5-1-3-6(4-2-5)24(22)23/h1-4H,(H,22,23). The molecule has 24 heavy (non-hydrogen) atoms. The van der Waals surface area contributed by atoms with Gasteiger partial charge in [0.1, 0.15) is 0 Å². The van der Waals surface area contributed by atoms with E-state index in [4.69, 9.17) is 4.55 Å². The molecule has 1 unspecified atom stereocenters. The minimum absolute atomic E-state index is 0.184. The van der Waals surface area contributed by atoms with E-state index < -0.39 is 22.9 Å². The van der Waals surface area contributed by atoms with Crippen LogP contribution in [0.4, 0.5) is 5.69 Å². The molecule has 0 aromatic heterocycles. The van der Waals surface area contributed by atoms with Crippen LogP contribution >= 0.6 is 63.7 Å². The van der Waals surface area contributed by atoms with Gasteiger partial charge in [-0.25, -0.2) is 9.11 Å². The highest BCUT2D eigenvalue weighted by Crippen LogP contribution is 2.46. The zero-order chi connectivity index (χ0) is 17.8. The van der Waals surface area contributed by atoms with Crippen LogP contribution in [0.25, 0.3) is 0 Å². The first-order valence-corrected chi connectivity index (χ1v) is 10.5. The van der Waals surface area contributed by atoms with Crippen molar-refractivity contribution in [2.45, 2.75) is 4.90 Å². The number of anilines is 1. The third-order valence-corrected chi connectivity index (χ3v) is 8.84. The summed E-state index contributed by atoms with van der Waals surface area (Å²) in [5, 5.41) is 0. The molecular formula is C14H5Br4NO4S. The summed E-state index contributed by atoms with van der Waals surface area (Å²) in [7, 11) is 0. The molecule has 10 heteroatoms. The van der Waals surface area contributed by atoms with Crippen molar-refractivity contribution in [2.75, 3.05) is 4.90 Å². The molecule has 0 spiro atoms. The Morgan fingerprint density at radius 2 is 1.21 bits per heavy atom. The third kappa shape index (κ3) is 2.77. The largest absolute Gasteiger partial charge is 0.302 e. The zero-order valence-electron chi connectivity index (χ0n) is 11.3. The van der Waals surface area contributed by atoms with Crippen LogP contribution in [-0.4, -0.2) is 20.6 Å². The first-order chi connectivity index (χ1) is 11.3. The average Bonchev–Trinajstić information content (AvgIpc) is 2.82. The summed E-state index contributed by atoms with van der Waals surface area (Å²) in [6.07, 6.45) is 0. The molecule has 124 valence electrons. The van der Waals surface area contributed by atoms with Crippen molar-refractivity contribution in [3.05, 3.63) is 53.3 Å². The maximum absolute atomic E-state index is 12.8. The predicted octanol–water partition coefficient (Wildman–Crippen LogP) is 5.12. The number of rotatable bonds is 2. The van der Waals surface area contributed by atoms with Crippen LogP contribution in [0.3, 0.4) is 0 Å². The maximum Gasteiger partial charge on any atom is 0.267 e. The average molecular weight is 603 g/mol. The minimum Gasteiger partial charge on any atom is -0.302 e. The van der Waals surface area contributed by atoms with Gasteiger partial charge in [0.05, 0.1) is 21.7 Å². The molecule has 1 aliphatic rings. The Balaban J connectivity index is 2.16. The van der Waals surface area contributed by atoms with Crippen molar-refractivity contribution in [1.29, 1.82) is 0 Å². The Morgan fingerprint density at radius 1 is 0.792 bits per heavy atom. The Labute approximate surface area is 172 Å². The van der Waals surface area contributed by atoms with Crippen LogP contribution in [0.2, 0.25) is 0 Å². The van der Waals surface area contributed by atoms with Crippen LogP contribution in [0.5, 0.6) is 0 Å². The van der Waals surface area contributed by atoms with E-state index in [0.29, 0.717) is 23.6 Å². The SMILES string of the molecule is O=C1c2c(Br)c(Br)c(Br)c(Br)c2C(=O)N1c1ccc(S(=O)O)cc1. The van der Waals surface area contributed by atoms with Gasteiger partial charge in [0.15, 0.2) is 11.1 Å². The lowest BCUT2D eigenvalue weighted by molar-refractivity contribution is 0.0925. The van der Waals surface area contributed by atoms with Crippen molar-refractivity contribution in [1.82, 2.24) is 0 Å². The van der Waals surface area contributed by atoms with Crippen molar-refractivity contribution >= 4 is 92.3 Å². The number of carbonyl (C=O) groups is 2. The van der Waals surface area contributed by atoms with Crippen LogP contribution in [0.15, 0.2) is 47.1 Å². The van der Waals surface area contributed by atoms with Crippen molar-refractivity contribution < 1.29 is 18.4 Å². The Morgan fingerprint density at radius 3 is 1.58 bits per heavy atom. The highest BCUT2D eigenvalue weighted by molar-refractivity contribution is 9.15. The lowest BCUT2D eigenvalue weighted by Gasteiger charge is -2.14. The smallest absolute Gasteiger partial charge is 0.267 e. The van der Waals surface area contributed by atoms with E-state index in [-0.39, 0.29) is 16.0 Å². The van der Waals surface area contributed by atoms with Gasteiger partial charge in [-0.3, -0.25) is 9.59 Å². The van der Waals surface area contributed by atoms with Crippen LogP contribution in [-0.2, 0) is 11.1 Å². The van der Waals surface area contributed by atoms with Gasteiger partial charge in [-0.15, -0.1) is 0 Å². The lowest BCUT2D eigenvalue weighted by Crippen LogP contribution is -2.29. The molecule has 1 heterocycles. The van der Waals surface area contributed by atoms with Crippen molar-refractivity contribution in [2.24, 2.45) is 0 Å². The molecule has 3 rings (SSSR count). The normalized spacial score (nSPS) is 15.0. The Bertz CT molecular complexity index is 883. The minimum atomic E-state index is -2.13. The molecule has 1 N–H and O–H groups in total. The van der Waals surface area contributed by atoms with Gasteiger partial charge in [-0.1, -0.05) is 0 Å². The summed E-state index contributed by atoms with van der Waals surface area (Å²) in [5.74, 6) is -0.956. The number of nitrogens with zero attached hydrogens (tertiary/aromatic N) is 1. The molecule has 5 nitrogen and oxygen atoms in total. The highest BCUT2D eigenvalue weighted by atomic mass is 79.9. The van der Waals surface area contributed by atoms with Gasteiger partial charge in [0.2, 0.25) is 0 Å². The van der Waals surface area contributed by atoms with Gasteiger partial charge in [0.25, 0.3) is 11.8 Å². The molecule has 0 saturated carbocycles. The maximum atomic E-state index is 12.8. The van der Waals surface area contributed by atoms with E-state index >= 15 is 0 Å². The second-order valence-corrected chi connectivity index (χ2v) is 8.84. The molecule has 2 amide bonds. The molecule has 0 radical (unpaired) electrons. The number of halogens is 4. The Kier molecular flexibility index (Phi) is 5.16. The van der Waals surface area contributed by atoms with Crippen LogP contribution in [0.1, 0.15) is 20.7 Å². The summed E-state index contributed by atoms with van der Waals surface area (Å²) in [4.78, 5) is 26.8. The molecule has 0 aliphatic carbocycles. The molecule has 0 bridgehead atoms. The monoisotopic (exact) mass is 599 g/mol. The molecule has 2 aromatic rings. The van der Waals surface area contributed by atoms with Crippen LogP contribution in [0, 0.1) is 0 Å². The van der Waals surface area contributed by atoms with Crippen molar-refractivity contribution in [3.8, 4) is 0 Å². The molecule has 1 aliphatic heterocycles. The lowest BCUT2D eigenvalue weighted by atomic mass is 10.1. The number of hydrogen-bond donors (Lipinski definition) is 1. The summed E-state index contributed by atoms with van der Waals surface area (Å²) < 4.78 is 22.3. The zero-order valence-corrected chi connectivity index (χ0v) is 18.5. The number of carbonyl (C=O) groups excluding carboxylic acids is 2. The van der Waals surface area contributed by atoms with Crippen molar-refractivity contribution in [3.63, 3.8) is 0 Å². The fraction of sp³-hybridized carbons (Fsp3) is 0. The number of amides is 2. The predicted molar refractivity (Wildman–Crippen MR) is 104 cm³/mol. The summed E-state index contributed by atoms with van der Waals surface area (Å²) in [6, 6.07) is 5.70. The van der Waals surface area contributed by atoms with E-state index in [1.807, 2.05) is 0 Å². The number of benzene rings is 2. The van der Waals surface area contributed by atoms with Gasteiger partial charge < -0.3 is 4.55 Å². The summed E-state index contributed by atoms with van der Waals surface area (Å²) in [5.41, 5.74) is 0.815. The molecule has 0 fully saturated rings. The number of imide groups is 1. The second kappa shape index (κ2) is 6.73. The molecule has 2 aromatic carbocycles. The number of fused-ring (bicyclic) bond motifs is 1. The van der Waals surface area contributed by atoms with E-state index in [9.17, 15) is 13.8 Å². The first-order valence-electron chi connectivity index (χ1n) is 6.21. The molecule has 1 atom stereocenters. The Hall–Kier alpha value is -0.390. The molecule has 0 saturated heterocycles. The third-order valence-electron chi connectivity index (χ3n) is 3.40. The topological polar surface area (TPSA) is 74.7 Å².